The fourth-order valence-corrected chi connectivity index (χ4v) is 2.68. The van der Waals surface area contributed by atoms with E-state index in [1.165, 1.54) is 0 Å². The normalized spacial score (nSPS) is 11.1. The number of carbonyl (C=O) groups is 1. The highest BCUT2D eigenvalue weighted by atomic mass is 127. The molecule has 1 rings (SSSR count). The molecule has 1 heterocycles. The average molecular weight is 346 g/mol. The summed E-state index contributed by atoms with van der Waals surface area (Å²) in [6, 6.07) is 4.17. The highest BCUT2D eigenvalue weighted by Gasteiger charge is 2.22. The van der Waals surface area contributed by atoms with Gasteiger partial charge in [-0.1, -0.05) is 0 Å². The quantitative estimate of drug-likeness (QED) is 0.788. The summed E-state index contributed by atoms with van der Waals surface area (Å²) in [6.07, 6.45) is 0. The highest BCUT2D eigenvalue weighted by molar-refractivity contribution is 14.1. The van der Waals surface area contributed by atoms with Crippen LogP contribution in [-0.2, 0) is 0 Å². The van der Waals surface area contributed by atoms with E-state index in [4.69, 9.17) is 0 Å². The van der Waals surface area contributed by atoms with Gasteiger partial charge in [-0.3, -0.25) is 4.79 Å². The smallest absolute Gasteiger partial charge is 0.272 e. The molecule has 17 heavy (non-hydrogen) atoms. The molecule has 0 N–H and O–H groups in total. The molecule has 0 aliphatic carbocycles. The van der Waals surface area contributed by atoms with E-state index in [1.807, 2.05) is 51.7 Å². The van der Waals surface area contributed by atoms with Crippen LogP contribution in [0.1, 0.15) is 43.9 Å². The second-order valence-corrected chi connectivity index (χ2v) is 5.96. The first-order chi connectivity index (χ1) is 7.82. The van der Waals surface area contributed by atoms with Crippen LogP contribution in [0.25, 0.3) is 0 Å². The van der Waals surface area contributed by atoms with Gasteiger partial charge in [0.05, 0.1) is 0 Å². The summed E-state index contributed by atoms with van der Waals surface area (Å²) in [6.45, 7) is 10.0. The Morgan fingerprint density at radius 3 is 2.18 bits per heavy atom. The van der Waals surface area contributed by atoms with Crippen molar-refractivity contribution in [3.05, 3.63) is 27.1 Å². The van der Waals surface area contributed by atoms with E-state index in [0.717, 1.165) is 9.26 Å². The van der Waals surface area contributed by atoms with Crippen LogP contribution in [0.5, 0.6) is 0 Å². The first kappa shape index (κ1) is 14.4. The lowest BCUT2D eigenvalue weighted by atomic mass is 10.2. The second kappa shape index (κ2) is 5.80. The molecule has 0 aliphatic rings. The molecule has 94 valence electrons. The van der Waals surface area contributed by atoms with E-state index in [-0.39, 0.29) is 18.0 Å². The van der Waals surface area contributed by atoms with Crippen molar-refractivity contribution >= 4 is 28.5 Å². The molecule has 0 saturated heterocycles. The fraction of sp³-hybridized carbons (Fsp3) is 0.538. The Morgan fingerprint density at radius 2 is 1.76 bits per heavy atom. The van der Waals surface area contributed by atoms with E-state index < -0.39 is 0 Å². The number of hydrogen-bond acceptors (Lipinski definition) is 2. The van der Waals surface area contributed by atoms with Gasteiger partial charge in [0.25, 0.3) is 5.91 Å². The Balaban J connectivity index is 3.09. The Kier molecular flexibility index (Phi) is 4.91. The summed E-state index contributed by atoms with van der Waals surface area (Å²) in [5.41, 5.74) is 1.42. The number of pyridine rings is 1. The van der Waals surface area contributed by atoms with Crippen LogP contribution < -0.4 is 0 Å². The van der Waals surface area contributed by atoms with Crippen molar-refractivity contribution in [3.63, 3.8) is 0 Å². The average Bonchev–Trinajstić information content (AvgIpc) is 2.14. The summed E-state index contributed by atoms with van der Waals surface area (Å²) in [7, 11) is 0. The van der Waals surface area contributed by atoms with Gasteiger partial charge in [-0.25, -0.2) is 4.98 Å². The van der Waals surface area contributed by atoms with E-state index in [2.05, 4.69) is 27.6 Å². The molecule has 1 aromatic heterocycles. The largest absolute Gasteiger partial charge is 0.332 e. The van der Waals surface area contributed by atoms with E-state index in [0.29, 0.717) is 5.69 Å². The maximum atomic E-state index is 12.4. The zero-order valence-electron chi connectivity index (χ0n) is 11.0. The Morgan fingerprint density at radius 1 is 1.24 bits per heavy atom. The predicted octanol–water partition coefficient (Wildman–Crippen LogP) is 3.25. The molecule has 0 radical (unpaired) electrons. The van der Waals surface area contributed by atoms with Gasteiger partial charge in [-0.2, -0.15) is 0 Å². The molecule has 3 nitrogen and oxygen atoms in total. The van der Waals surface area contributed by atoms with Crippen LogP contribution >= 0.6 is 22.6 Å². The van der Waals surface area contributed by atoms with E-state index in [9.17, 15) is 4.79 Å². The molecule has 0 unspecified atom stereocenters. The summed E-state index contributed by atoms with van der Waals surface area (Å²) in [4.78, 5) is 18.6. The number of rotatable bonds is 3. The number of amides is 1. The molecular formula is C13H19IN2O. The lowest BCUT2D eigenvalue weighted by Gasteiger charge is -2.30. The molecule has 4 heteroatoms. The molecule has 0 spiro atoms. The van der Waals surface area contributed by atoms with Crippen molar-refractivity contribution in [2.45, 2.75) is 46.7 Å². The number of carbonyl (C=O) groups excluding carboxylic acids is 1. The van der Waals surface area contributed by atoms with Gasteiger partial charge in [-0.15, -0.1) is 0 Å². The number of aryl methyl sites for hydroxylation is 1. The van der Waals surface area contributed by atoms with Crippen LogP contribution in [0, 0.1) is 10.5 Å². The molecule has 0 aliphatic heterocycles. The fourth-order valence-electron chi connectivity index (χ4n) is 1.93. The summed E-state index contributed by atoms with van der Waals surface area (Å²) in [5, 5.41) is 0. The van der Waals surface area contributed by atoms with Gasteiger partial charge in [-0.05, 0) is 69.3 Å². The standard InChI is InChI=1S/C13H19IN2O/c1-8(2)16(9(3)4)13(17)12-7-11(14)6-10(5)15-12/h6-9H,1-5H3. The third-order valence-electron chi connectivity index (χ3n) is 2.48. The van der Waals surface area contributed by atoms with Crippen molar-refractivity contribution in [2.75, 3.05) is 0 Å². The molecule has 0 aromatic carbocycles. The molecule has 0 atom stereocenters. The van der Waals surface area contributed by atoms with E-state index >= 15 is 0 Å². The molecule has 1 amide bonds. The minimum absolute atomic E-state index is 0.0108. The Hall–Kier alpha value is -0.650. The first-order valence-electron chi connectivity index (χ1n) is 5.79. The monoisotopic (exact) mass is 346 g/mol. The molecule has 0 fully saturated rings. The Labute approximate surface area is 117 Å². The van der Waals surface area contributed by atoms with Gasteiger partial charge >= 0.3 is 0 Å². The number of nitrogens with zero attached hydrogens (tertiary/aromatic N) is 2. The lowest BCUT2D eigenvalue weighted by molar-refractivity contribution is 0.0637. The Bertz CT molecular complexity index is 388. The minimum Gasteiger partial charge on any atom is -0.332 e. The van der Waals surface area contributed by atoms with Gasteiger partial charge < -0.3 is 4.90 Å². The topological polar surface area (TPSA) is 33.2 Å². The van der Waals surface area contributed by atoms with Crippen molar-refractivity contribution in [1.29, 1.82) is 0 Å². The van der Waals surface area contributed by atoms with Crippen LogP contribution in [0.4, 0.5) is 0 Å². The predicted molar refractivity (Wildman–Crippen MR) is 78.1 cm³/mol. The summed E-state index contributed by atoms with van der Waals surface area (Å²) < 4.78 is 1.05. The van der Waals surface area contributed by atoms with Gasteiger partial charge in [0.1, 0.15) is 5.69 Å². The van der Waals surface area contributed by atoms with Gasteiger partial charge in [0, 0.05) is 21.3 Å². The third kappa shape index (κ3) is 3.66. The van der Waals surface area contributed by atoms with Crippen molar-refractivity contribution in [1.82, 2.24) is 9.88 Å². The SMILES string of the molecule is Cc1cc(I)cc(C(=O)N(C(C)C)C(C)C)n1. The zero-order valence-corrected chi connectivity index (χ0v) is 13.1. The summed E-state index contributed by atoms with van der Waals surface area (Å²) in [5.74, 6) is 0.0108. The van der Waals surface area contributed by atoms with E-state index in [1.54, 1.807) is 0 Å². The second-order valence-electron chi connectivity index (χ2n) is 4.71. The molecular weight excluding hydrogens is 327 g/mol. The van der Waals surface area contributed by atoms with Gasteiger partial charge in [0.15, 0.2) is 0 Å². The minimum atomic E-state index is 0.0108. The first-order valence-corrected chi connectivity index (χ1v) is 6.87. The number of halogens is 1. The highest BCUT2D eigenvalue weighted by Crippen LogP contribution is 2.14. The van der Waals surface area contributed by atoms with Crippen molar-refractivity contribution < 1.29 is 4.79 Å². The lowest BCUT2D eigenvalue weighted by Crippen LogP contribution is -2.42. The molecule has 0 bridgehead atoms. The van der Waals surface area contributed by atoms with Crippen molar-refractivity contribution in [2.24, 2.45) is 0 Å². The molecule has 0 saturated carbocycles. The maximum Gasteiger partial charge on any atom is 0.272 e. The maximum absolute atomic E-state index is 12.4. The number of aromatic nitrogens is 1. The van der Waals surface area contributed by atoms with Crippen LogP contribution in [0.3, 0.4) is 0 Å². The van der Waals surface area contributed by atoms with Crippen LogP contribution in [0.2, 0.25) is 0 Å². The molecule has 1 aromatic rings. The third-order valence-corrected chi connectivity index (χ3v) is 3.11. The zero-order chi connectivity index (χ0) is 13.2. The summed E-state index contributed by atoms with van der Waals surface area (Å²) >= 11 is 2.21. The van der Waals surface area contributed by atoms with Crippen LogP contribution in [0.15, 0.2) is 12.1 Å². The van der Waals surface area contributed by atoms with Crippen molar-refractivity contribution in [3.8, 4) is 0 Å². The number of hydrogen-bond donors (Lipinski definition) is 0. The van der Waals surface area contributed by atoms with Gasteiger partial charge in [0.2, 0.25) is 0 Å². The van der Waals surface area contributed by atoms with Crippen LogP contribution in [-0.4, -0.2) is 27.9 Å².